The van der Waals surface area contributed by atoms with Gasteiger partial charge in [-0.2, -0.15) is 0 Å². The van der Waals surface area contributed by atoms with Gasteiger partial charge in [0.25, 0.3) is 0 Å². The Morgan fingerprint density at radius 2 is 1.63 bits per heavy atom. The van der Waals surface area contributed by atoms with Gasteiger partial charge in [-0.25, -0.2) is 0 Å². The van der Waals surface area contributed by atoms with Crippen LogP contribution in [0.4, 0.5) is 0 Å². The summed E-state index contributed by atoms with van der Waals surface area (Å²) < 4.78 is 0. The maximum absolute atomic E-state index is 12.7. The van der Waals surface area contributed by atoms with E-state index < -0.39 is 0 Å². The molecule has 3 fully saturated rings. The van der Waals surface area contributed by atoms with Gasteiger partial charge in [-0.3, -0.25) is 9.69 Å². The molecular formula is C16H28N2O. The molecule has 0 bridgehead atoms. The van der Waals surface area contributed by atoms with E-state index in [1.807, 2.05) is 0 Å². The number of carbonyl (C=O) groups is 1. The lowest BCUT2D eigenvalue weighted by molar-refractivity contribution is -0.137. The van der Waals surface area contributed by atoms with Crippen LogP contribution in [0.1, 0.15) is 58.3 Å². The molecule has 0 aromatic carbocycles. The first-order valence-electron chi connectivity index (χ1n) is 8.35. The smallest absolute Gasteiger partial charge is 0.225 e. The van der Waals surface area contributed by atoms with Crippen molar-refractivity contribution in [1.29, 1.82) is 0 Å². The molecule has 0 N–H and O–H groups in total. The summed E-state index contributed by atoms with van der Waals surface area (Å²) in [5.41, 5.74) is 0. The molecule has 0 radical (unpaired) electrons. The van der Waals surface area contributed by atoms with E-state index in [2.05, 4.69) is 16.7 Å². The van der Waals surface area contributed by atoms with Crippen molar-refractivity contribution in [2.75, 3.05) is 19.6 Å². The van der Waals surface area contributed by atoms with Crippen molar-refractivity contribution in [2.45, 2.75) is 70.4 Å². The maximum atomic E-state index is 12.7. The molecule has 19 heavy (non-hydrogen) atoms. The van der Waals surface area contributed by atoms with Crippen LogP contribution in [0.3, 0.4) is 0 Å². The molecule has 0 aromatic rings. The third-order valence-corrected chi connectivity index (χ3v) is 5.55. The van der Waals surface area contributed by atoms with Crippen molar-refractivity contribution >= 4 is 5.91 Å². The predicted molar refractivity (Wildman–Crippen MR) is 77.0 cm³/mol. The Labute approximate surface area is 117 Å². The molecule has 1 aliphatic carbocycles. The number of nitrogens with zero attached hydrogens (tertiary/aromatic N) is 2. The van der Waals surface area contributed by atoms with E-state index in [0.717, 1.165) is 25.9 Å². The van der Waals surface area contributed by atoms with E-state index in [4.69, 9.17) is 0 Å². The highest BCUT2D eigenvalue weighted by atomic mass is 16.2. The van der Waals surface area contributed by atoms with Gasteiger partial charge in [0.2, 0.25) is 5.91 Å². The number of carbonyl (C=O) groups excluding carboxylic acids is 1. The van der Waals surface area contributed by atoms with Gasteiger partial charge in [-0.15, -0.1) is 0 Å². The van der Waals surface area contributed by atoms with Crippen LogP contribution in [0.25, 0.3) is 0 Å². The summed E-state index contributed by atoms with van der Waals surface area (Å²) in [6.45, 7) is 5.67. The fourth-order valence-corrected chi connectivity index (χ4v) is 4.55. The second-order valence-corrected chi connectivity index (χ2v) is 6.56. The number of rotatable bonds is 3. The average Bonchev–Trinajstić information content (AvgIpc) is 3.16. The van der Waals surface area contributed by atoms with Crippen molar-refractivity contribution in [3.63, 3.8) is 0 Å². The first-order valence-corrected chi connectivity index (χ1v) is 8.35. The summed E-state index contributed by atoms with van der Waals surface area (Å²) in [4.78, 5) is 17.6. The second-order valence-electron chi connectivity index (χ2n) is 6.56. The topological polar surface area (TPSA) is 23.6 Å². The van der Waals surface area contributed by atoms with Gasteiger partial charge >= 0.3 is 0 Å². The van der Waals surface area contributed by atoms with Crippen molar-refractivity contribution < 1.29 is 4.79 Å². The third kappa shape index (κ3) is 2.54. The van der Waals surface area contributed by atoms with Crippen molar-refractivity contribution in [1.82, 2.24) is 9.80 Å². The molecule has 3 nitrogen and oxygen atoms in total. The molecule has 1 amide bonds. The van der Waals surface area contributed by atoms with E-state index in [0.29, 0.717) is 23.9 Å². The van der Waals surface area contributed by atoms with Crippen LogP contribution in [0, 0.1) is 5.92 Å². The van der Waals surface area contributed by atoms with Crippen molar-refractivity contribution in [3.05, 3.63) is 0 Å². The molecule has 2 atom stereocenters. The van der Waals surface area contributed by atoms with Crippen LogP contribution < -0.4 is 0 Å². The number of likely N-dealkylation sites (N-methyl/N-ethyl adjacent to an activating group) is 1. The molecule has 3 heteroatoms. The summed E-state index contributed by atoms with van der Waals surface area (Å²) in [7, 11) is 0. The number of likely N-dealkylation sites (tertiary alicyclic amines) is 2. The normalized spacial score (nSPS) is 33.4. The summed E-state index contributed by atoms with van der Waals surface area (Å²) >= 11 is 0. The minimum atomic E-state index is 0.358. The van der Waals surface area contributed by atoms with E-state index in [1.165, 1.54) is 45.1 Å². The van der Waals surface area contributed by atoms with Gasteiger partial charge in [0, 0.05) is 24.5 Å². The van der Waals surface area contributed by atoms with E-state index in [9.17, 15) is 4.79 Å². The lowest BCUT2D eigenvalue weighted by Gasteiger charge is -2.35. The van der Waals surface area contributed by atoms with E-state index >= 15 is 0 Å². The van der Waals surface area contributed by atoms with E-state index in [-0.39, 0.29) is 0 Å². The Balaban J connectivity index is 1.68. The molecule has 0 spiro atoms. The summed E-state index contributed by atoms with van der Waals surface area (Å²) in [5, 5.41) is 0. The number of amides is 1. The largest absolute Gasteiger partial charge is 0.338 e. The minimum absolute atomic E-state index is 0.358. The van der Waals surface area contributed by atoms with Crippen LogP contribution >= 0.6 is 0 Å². The zero-order valence-electron chi connectivity index (χ0n) is 12.3. The van der Waals surface area contributed by atoms with Crippen LogP contribution in [-0.4, -0.2) is 47.4 Å². The third-order valence-electron chi connectivity index (χ3n) is 5.55. The first-order chi connectivity index (χ1) is 9.31. The molecule has 3 rings (SSSR count). The fraction of sp³-hybridized carbons (Fsp3) is 0.938. The highest BCUT2D eigenvalue weighted by Gasteiger charge is 2.41. The number of hydrogen-bond acceptors (Lipinski definition) is 2. The van der Waals surface area contributed by atoms with Gasteiger partial charge in [-0.1, -0.05) is 19.8 Å². The van der Waals surface area contributed by atoms with Gasteiger partial charge in [0.15, 0.2) is 0 Å². The molecule has 3 aliphatic rings. The Morgan fingerprint density at radius 1 is 0.947 bits per heavy atom. The van der Waals surface area contributed by atoms with Gasteiger partial charge in [0.1, 0.15) is 0 Å². The quantitative estimate of drug-likeness (QED) is 0.782. The summed E-state index contributed by atoms with van der Waals surface area (Å²) in [5.74, 6) is 0.847. The van der Waals surface area contributed by atoms with Crippen LogP contribution in [-0.2, 0) is 4.79 Å². The van der Waals surface area contributed by atoms with Crippen molar-refractivity contribution in [3.8, 4) is 0 Å². The highest BCUT2D eigenvalue weighted by Crippen LogP contribution is 2.34. The molecule has 0 aromatic heterocycles. The summed E-state index contributed by atoms with van der Waals surface area (Å²) in [6.07, 6.45) is 9.89. The molecule has 2 heterocycles. The zero-order chi connectivity index (χ0) is 13.2. The highest BCUT2D eigenvalue weighted by molar-refractivity contribution is 5.79. The van der Waals surface area contributed by atoms with Crippen LogP contribution in [0.2, 0.25) is 0 Å². The van der Waals surface area contributed by atoms with Crippen LogP contribution in [0.5, 0.6) is 0 Å². The van der Waals surface area contributed by atoms with Crippen LogP contribution in [0.15, 0.2) is 0 Å². The Morgan fingerprint density at radius 3 is 2.37 bits per heavy atom. The van der Waals surface area contributed by atoms with Gasteiger partial charge < -0.3 is 4.90 Å². The van der Waals surface area contributed by atoms with Gasteiger partial charge in [0.05, 0.1) is 0 Å². The second kappa shape index (κ2) is 5.82. The maximum Gasteiger partial charge on any atom is 0.225 e. The molecular weight excluding hydrogens is 236 g/mol. The van der Waals surface area contributed by atoms with E-state index in [1.54, 1.807) is 0 Å². The predicted octanol–water partition coefficient (Wildman–Crippen LogP) is 2.65. The number of hydrogen-bond donors (Lipinski definition) is 0. The SMILES string of the molecule is CCN1CCC[C@H]1[C@@H]1CCCN1C(=O)C1CCCC1. The molecule has 2 aliphatic heterocycles. The zero-order valence-corrected chi connectivity index (χ0v) is 12.3. The lowest BCUT2D eigenvalue weighted by atomic mass is 10.0. The first kappa shape index (κ1) is 13.4. The molecule has 108 valence electrons. The molecule has 1 saturated carbocycles. The fourth-order valence-electron chi connectivity index (χ4n) is 4.55. The molecule has 0 unspecified atom stereocenters. The lowest BCUT2D eigenvalue weighted by Crippen LogP contribution is -2.49. The Kier molecular flexibility index (Phi) is 4.11. The Bertz CT molecular complexity index is 325. The summed E-state index contributed by atoms with van der Waals surface area (Å²) in [6, 6.07) is 1.17. The average molecular weight is 264 g/mol. The van der Waals surface area contributed by atoms with Crippen molar-refractivity contribution in [2.24, 2.45) is 5.92 Å². The van der Waals surface area contributed by atoms with Gasteiger partial charge in [-0.05, 0) is 51.6 Å². The molecule has 2 saturated heterocycles. The Hall–Kier alpha value is -0.570. The monoisotopic (exact) mass is 264 g/mol. The standard InChI is InChI=1S/C16H28N2O/c1-2-17-11-5-9-14(17)15-10-6-12-18(15)16(19)13-7-3-4-8-13/h13-15H,2-12H2,1H3/t14-,15-/m0/s1. The minimum Gasteiger partial charge on any atom is -0.338 e.